The SMILES string of the molecule is Cc1ccc(C(=O)N2CCCn3cnc(CN4CCCC4)c3C2)o1. The molecule has 0 spiro atoms. The van der Waals surface area contributed by atoms with Crippen molar-refractivity contribution in [3.8, 4) is 0 Å². The topological polar surface area (TPSA) is 54.5 Å². The summed E-state index contributed by atoms with van der Waals surface area (Å²) in [6, 6.07) is 3.61. The van der Waals surface area contributed by atoms with E-state index in [1.165, 1.54) is 18.5 Å². The fourth-order valence-corrected chi connectivity index (χ4v) is 3.68. The van der Waals surface area contributed by atoms with Gasteiger partial charge in [0.2, 0.25) is 0 Å². The fourth-order valence-electron chi connectivity index (χ4n) is 3.68. The lowest BCUT2D eigenvalue weighted by atomic mass is 10.2. The van der Waals surface area contributed by atoms with E-state index in [2.05, 4.69) is 14.5 Å². The van der Waals surface area contributed by atoms with Gasteiger partial charge in [-0.25, -0.2) is 4.98 Å². The number of hydrogen-bond acceptors (Lipinski definition) is 4. The standard InChI is InChI=1S/C18H24N4O2/c1-14-5-6-17(24-14)18(23)21-9-4-10-22-13-19-15(16(22)12-21)11-20-7-2-3-8-20/h5-6,13H,2-4,7-12H2,1H3. The molecular formula is C18H24N4O2. The molecule has 128 valence electrons. The number of imidazole rings is 1. The lowest BCUT2D eigenvalue weighted by Crippen LogP contribution is -2.31. The van der Waals surface area contributed by atoms with Crippen LogP contribution < -0.4 is 0 Å². The second-order valence-corrected chi connectivity index (χ2v) is 6.81. The van der Waals surface area contributed by atoms with Crippen LogP contribution in [0.25, 0.3) is 0 Å². The molecule has 1 saturated heterocycles. The second-order valence-electron chi connectivity index (χ2n) is 6.81. The quantitative estimate of drug-likeness (QED) is 0.868. The number of carbonyl (C=O) groups excluding carboxylic acids is 1. The van der Waals surface area contributed by atoms with Crippen molar-refractivity contribution in [1.29, 1.82) is 0 Å². The van der Waals surface area contributed by atoms with E-state index in [-0.39, 0.29) is 5.91 Å². The Balaban J connectivity index is 1.54. The molecule has 2 aliphatic heterocycles. The minimum absolute atomic E-state index is 0.0233. The summed E-state index contributed by atoms with van der Waals surface area (Å²) in [5.41, 5.74) is 2.29. The van der Waals surface area contributed by atoms with Gasteiger partial charge >= 0.3 is 0 Å². The Kier molecular flexibility index (Phi) is 4.14. The van der Waals surface area contributed by atoms with Crippen molar-refractivity contribution in [2.75, 3.05) is 19.6 Å². The van der Waals surface area contributed by atoms with E-state index in [9.17, 15) is 4.79 Å². The van der Waals surface area contributed by atoms with Crippen LogP contribution in [0.1, 0.15) is 47.0 Å². The maximum Gasteiger partial charge on any atom is 0.289 e. The van der Waals surface area contributed by atoms with E-state index in [1.807, 2.05) is 24.2 Å². The number of furan rings is 1. The first kappa shape index (κ1) is 15.4. The van der Waals surface area contributed by atoms with E-state index < -0.39 is 0 Å². The number of nitrogens with zero attached hydrogens (tertiary/aromatic N) is 4. The Morgan fingerprint density at radius 3 is 2.75 bits per heavy atom. The van der Waals surface area contributed by atoms with Crippen molar-refractivity contribution < 1.29 is 9.21 Å². The van der Waals surface area contributed by atoms with Crippen molar-refractivity contribution in [1.82, 2.24) is 19.4 Å². The van der Waals surface area contributed by atoms with Gasteiger partial charge in [0.05, 0.1) is 24.3 Å². The summed E-state index contributed by atoms with van der Waals surface area (Å²) in [4.78, 5) is 21.7. The predicted molar refractivity (Wildman–Crippen MR) is 89.5 cm³/mol. The molecule has 0 atom stereocenters. The molecule has 4 rings (SSSR count). The van der Waals surface area contributed by atoms with E-state index >= 15 is 0 Å². The number of carbonyl (C=O) groups is 1. The number of rotatable bonds is 3. The largest absolute Gasteiger partial charge is 0.456 e. The van der Waals surface area contributed by atoms with Gasteiger partial charge < -0.3 is 13.9 Å². The van der Waals surface area contributed by atoms with Gasteiger partial charge in [-0.3, -0.25) is 9.69 Å². The Morgan fingerprint density at radius 2 is 2.00 bits per heavy atom. The van der Waals surface area contributed by atoms with Crippen molar-refractivity contribution in [3.05, 3.63) is 41.4 Å². The van der Waals surface area contributed by atoms with Gasteiger partial charge in [-0.1, -0.05) is 0 Å². The van der Waals surface area contributed by atoms with Gasteiger partial charge in [-0.15, -0.1) is 0 Å². The molecule has 0 saturated carbocycles. The van der Waals surface area contributed by atoms with E-state index in [4.69, 9.17) is 4.42 Å². The number of fused-ring (bicyclic) bond motifs is 1. The van der Waals surface area contributed by atoms with Crippen LogP contribution in [0.4, 0.5) is 0 Å². The summed E-state index contributed by atoms with van der Waals surface area (Å²) in [5.74, 6) is 1.18. The average Bonchev–Trinajstić information content (AvgIpc) is 3.28. The van der Waals surface area contributed by atoms with Crippen molar-refractivity contribution in [2.24, 2.45) is 0 Å². The van der Waals surface area contributed by atoms with Gasteiger partial charge in [0.15, 0.2) is 5.76 Å². The molecule has 1 amide bonds. The number of aromatic nitrogens is 2. The fraction of sp³-hybridized carbons (Fsp3) is 0.556. The minimum Gasteiger partial charge on any atom is -0.456 e. The van der Waals surface area contributed by atoms with Crippen LogP contribution in [0.2, 0.25) is 0 Å². The van der Waals surface area contributed by atoms with E-state index in [1.54, 1.807) is 6.07 Å². The second kappa shape index (κ2) is 6.43. The number of amides is 1. The molecule has 1 fully saturated rings. The zero-order chi connectivity index (χ0) is 16.5. The van der Waals surface area contributed by atoms with Crippen LogP contribution in [0.5, 0.6) is 0 Å². The molecular weight excluding hydrogens is 304 g/mol. The molecule has 2 aromatic rings. The Labute approximate surface area is 142 Å². The minimum atomic E-state index is -0.0233. The molecule has 2 aromatic heterocycles. The first-order valence-corrected chi connectivity index (χ1v) is 8.81. The molecule has 0 unspecified atom stereocenters. The molecule has 0 aromatic carbocycles. The van der Waals surface area contributed by atoms with E-state index in [0.717, 1.165) is 50.6 Å². The van der Waals surface area contributed by atoms with Crippen molar-refractivity contribution in [2.45, 2.75) is 45.8 Å². The van der Waals surface area contributed by atoms with Crippen molar-refractivity contribution >= 4 is 5.91 Å². The summed E-state index contributed by atoms with van der Waals surface area (Å²) in [7, 11) is 0. The molecule has 0 aliphatic carbocycles. The zero-order valence-corrected chi connectivity index (χ0v) is 14.2. The third-order valence-corrected chi connectivity index (χ3v) is 5.01. The third kappa shape index (κ3) is 2.98. The summed E-state index contributed by atoms with van der Waals surface area (Å²) in [5, 5.41) is 0. The zero-order valence-electron chi connectivity index (χ0n) is 14.2. The highest BCUT2D eigenvalue weighted by Gasteiger charge is 2.25. The van der Waals surface area contributed by atoms with Gasteiger partial charge in [-0.2, -0.15) is 0 Å². The van der Waals surface area contributed by atoms with Gasteiger partial charge in [0.25, 0.3) is 5.91 Å². The maximum atomic E-state index is 12.7. The van der Waals surface area contributed by atoms with Crippen LogP contribution in [0, 0.1) is 6.92 Å². The summed E-state index contributed by atoms with van der Waals surface area (Å²) >= 11 is 0. The third-order valence-electron chi connectivity index (χ3n) is 5.01. The first-order valence-electron chi connectivity index (χ1n) is 8.81. The molecule has 4 heterocycles. The van der Waals surface area contributed by atoms with Crippen LogP contribution in [-0.2, 0) is 19.6 Å². The van der Waals surface area contributed by atoms with Crippen molar-refractivity contribution in [3.63, 3.8) is 0 Å². The smallest absolute Gasteiger partial charge is 0.289 e. The monoisotopic (exact) mass is 328 g/mol. The maximum absolute atomic E-state index is 12.7. The lowest BCUT2D eigenvalue weighted by Gasteiger charge is -2.20. The molecule has 24 heavy (non-hydrogen) atoms. The molecule has 0 radical (unpaired) electrons. The average molecular weight is 328 g/mol. The van der Waals surface area contributed by atoms with E-state index in [0.29, 0.717) is 12.3 Å². The van der Waals surface area contributed by atoms with Crippen LogP contribution in [0.3, 0.4) is 0 Å². The highest BCUT2D eigenvalue weighted by atomic mass is 16.3. The molecule has 0 bridgehead atoms. The summed E-state index contributed by atoms with van der Waals surface area (Å²) in [6.07, 6.45) is 5.43. The molecule has 2 aliphatic rings. The molecule has 0 N–H and O–H groups in total. The summed E-state index contributed by atoms with van der Waals surface area (Å²) < 4.78 is 7.74. The molecule has 6 nitrogen and oxygen atoms in total. The number of likely N-dealkylation sites (tertiary alicyclic amines) is 1. The first-order chi connectivity index (χ1) is 11.7. The Morgan fingerprint density at radius 1 is 1.17 bits per heavy atom. The van der Waals surface area contributed by atoms with Crippen LogP contribution in [0.15, 0.2) is 22.9 Å². The lowest BCUT2D eigenvalue weighted by molar-refractivity contribution is 0.0711. The highest BCUT2D eigenvalue weighted by molar-refractivity contribution is 5.91. The summed E-state index contributed by atoms with van der Waals surface area (Å²) in [6.45, 7) is 7.35. The Hall–Kier alpha value is -2.08. The van der Waals surface area contributed by atoms with Crippen LogP contribution >= 0.6 is 0 Å². The Bertz CT molecular complexity index is 727. The molecule has 6 heteroatoms. The normalized spacial score (nSPS) is 18.6. The van der Waals surface area contributed by atoms with Gasteiger partial charge in [-0.05, 0) is 51.4 Å². The van der Waals surface area contributed by atoms with Gasteiger partial charge in [0, 0.05) is 19.6 Å². The number of hydrogen-bond donors (Lipinski definition) is 0. The van der Waals surface area contributed by atoms with Crippen LogP contribution in [-0.4, -0.2) is 44.9 Å². The highest BCUT2D eigenvalue weighted by Crippen LogP contribution is 2.21. The van der Waals surface area contributed by atoms with Gasteiger partial charge in [0.1, 0.15) is 5.76 Å². The number of aryl methyl sites for hydroxylation is 2. The predicted octanol–water partition coefficient (Wildman–Crippen LogP) is 2.43.